The van der Waals surface area contributed by atoms with Crippen LogP contribution in [-0.2, 0) is 11.2 Å². The van der Waals surface area contributed by atoms with Gasteiger partial charge in [0, 0.05) is 22.5 Å². The van der Waals surface area contributed by atoms with Crippen LogP contribution < -0.4 is 16.4 Å². The van der Waals surface area contributed by atoms with Crippen LogP contribution in [0.1, 0.15) is 36.7 Å². The summed E-state index contributed by atoms with van der Waals surface area (Å²) in [5, 5.41) is 5.71. The van der Waals surface area contributed by atoms with Gasteiger partial charge in [0.05, 0.1) is 6.42 Å². The highest BCUT2D eigenvalue weighted by Crippen LogP contribution is 2.13. The van der Waals surface area contributed by atoms with Crippen molar-refractivity contribution in [3.8, 4) is 0 Å². The van der Waals surface area contributed by atoms with Gasteiger partial charge in [-0.15, -0.1) is 0 Å². The summed E-state index contributed by atoms with van der Waals surface area (Å²) in [5.74, 6) is -0.315. The third kappa shape index (κ3) is 5.43. The molecule has 0 saturated carbocycles. The van der Waals surface area contributed by atoms with E-state index in [1.807, 2.05) is 32.9 Å². The largest absolute Gasteiger partial charge is 0.399 e. The first-order chi connectivity index (χ1) is 11.2. The van der Waals surface area contributed by atoms with Crippen molar-refractivity contribution in [1.29, 1.82) is 0 Å². The molecule has 2 amide bonds. The Hall–Kier alpha value is -2.82. The fourth-order valence-electron chi connectivity index (χ4n) is 2.18. The maximum atomic E-state index is 12.2. The SMILES string of the molecule is CC(C)(C)NC(=O)c1cccc(NC(=O)Cc2ccc(N)cc2)c1. The lowest BCUT2D eigenvalue weighted by Crippen LogP contribution is -2.40. The molecule has 2 aromatic rings. The number of nitrogens with two attached hydrogens (primary N) is 1. The zero-order valence-corrected chi connectivity index (χ0v) is 14.2. The first-order valence-corrected chi connectivity index (χ1v) is 7.80. The van der Waals surface area contributed by atoms with Crippen LogP contribution in [0.4, 0.5) is 11.4 Å². The van der Waals surface area contributed by atoms with E-state index in [0.29, 0.717) is 16.9 Å². The number of hydrogen-bond donors (Lipinski definition) is 3. The molecule has 126 valence electrons. The molecule has 0 bridgehead atoms. The highest BCUT2D eigenvalue weighted by molar-refractivity contribution is 5.97. The van der Waals surface area contributed by atoms with Crippen LogP contribution >= 0.6 is 0 Å². The van der Waals surface area contributed by atoms with E-state index in [2.05, 4.69) is 10.6 Å². The fourth-order valence-corrected chi connectivity index (χ4v) is 2.18. The van der Waals surface area contributed by atoms with Crippen LogP contribution in [0.2, 0.25) is 0 Å². The molecule has 24 heavy (non-hydrogen) atoms. The van der Waals surface area contributed by atoms with Crippen LogP contribution in [0.15, 0.2) is 48.5 Å². The summed E-state index contributed by atoms with van der Waals surface area (Å²) >= 11 is 0. The van der Waals surface area contributed by atoms with E-state index in [1.165, 1.54) is 0 Å². The van der Waals surface area contributed by atoms with Gasteiger partial charge in [0.1, 0.15) is 0 Å². The van der Waals surface area contributed by atoms with E-state index < -0.39 is 0 Å². The molecule has 0 saturated heterocycles. The molecule has 0 aliphatic rings. The summed E-state index contributed by atoms with van der Waals surface area (Å²) in [7, 11) is 0. The average molecular weight is 325 g/mol. The molecule has 5 heteroatoms. The number of anilines is 2. The van der Waals surface area contributed by atoms with Gasteiger partial charge in [-0.2, -0.15) is 0 Å². The quantitative estimate of drug-likeness (QED) is 0.756. The Bertz CT molecular complexity index is 731. The number of carbonyl (C=O) groups is 2. The molecular weight excluding hydrogens is 302 g/mol. The number of hydrogen-bond acceptors (Lipinski definition) is 3. The van der Waals surface area contributed by atoms with E-state index in [-0.39, 0.29) is 23.8 Å². The van der Waals surface area contributed by atoms with Gasteiger partial charge in [-0.25, -0.2) is 0 Å². The van der Waals surface area contributed by atoms with Crippen LogP contribution in [0.25, 0.3) is 0 Å². The summed E-state index contributed by atoms with van der Waals surface area (Å²) in [5.41, 5.74) is 7.96. The van der Waals surface area contributed by atoms with E-state index >= 15 is 0 Å². The Labute approximate surface area is 142 Å². The summed E-state index contributed by atoms with van der Waals surface area (Å²) in [6, 6.07) is 14.1. The minimum Gasteiger partial charge on any atom is -0.399 e. The molecule has 0 aromatic heterocycles. The minimum atomic E-state index is -0.314. The van der Waals surface area contributed by atoms with Gasteiger partial charge in [-0.05, 0) is 56.7 Å². The van der Waals surface area contributed by atoms with Gasteiger partial charge >= 0.3 is 0 Å². The Kier molecular flexibility index (Phi) is 5.24. The van der Waals surface area contributed by atoms with Gasteiger partial charge in [0.25, 0.3) is 5.91 Å². The second kappa shape index (κ2) is 7.17. The zero-order chi connectivity index (χ0) is 17.7. The first kappa shape index (κ1) is 17.5. The number of amides is 2. The van der Waals surface area contributed by atoms with Crippen molar-refractivity contribution in [3.63, 3.8) is 0 Å². The molecule has 5 nitrogen and oxygen atoms in total. The molecule has 2 aromatic carbocycles. The summed E-state index contributed by atoms with van der Waals surface area (Å²) < 4.78 is 0. The molecule has 0 aliphatic carbocycles. The lowest BCUT2D eigenvalue weighted by atomic mass is 10.1. The zero-order valence-electron chi connectivity index (χ0n) is 14.2. The van der Waals surface area contributed by atoms with Crippen molar-refractivity contribution in [1.82, 2.24) is 5.32 Å². The molecule has 0 aliphatic heterocycles. The van der Waals surface area contributed by atoms with E-state index in [1.54, 1.807) is 36.4 Å². The lowest BCUT2D eigenvalue weighted by Gasteiger charge is -2.20. The normalized spacial score (nSPS) is 11.0. The number of benzene rings is 2. The van der Waals surface area contributed by atoms with Gasteiger partial charge in [0.2, 0.25) is 5.91 Å². The van der Waals surface area contributed by atoms with Crippen LogP contribution in [-0.4, -0.2) is 17.4 Å². The standard InChI is InChI=1S/C19H23N3O2/c1-19(2,3)22-18(24)14-5-4-6-16(12-14)21-17(23)11-13-7-9-15(20)10-8-13/h4-10,12H,11,20H2,1-3H3,(H,21,23)(H,22,24). The van der Waals surface area contributed by atoms with Gasteiger partial charge in [-0.3, -0.25) is 9.59 Å². The smallest absolute Gasteiger partial charge is 0.251 e. The molecule has 4 N–H and O–H groups in total. The average Bonchev–Trinajstić information content (AvgIpc) is 2.48. The molecule has 0 unspecified atom stereocenters. The van der Waals surface area contributed by atoms with Crippen LogP contribution in [0.3, 0.4) is 0 Å². The lowest BCUT2D eigenvalue weighted by molar-refractivity contribution is -0.115. The fraction of sp³-hybridized carbons (Fsp3) is 0.263. The number of rotatable bonds is 4. The molecule has 2 rings (SSSR count). The first-order valence-electron chi connectivity index (χ1n) is 7.80. The highest BCUT2D eigenvalue weighted by atomic mass is 16.2. The summed E-state index contributed by atoms with van der Waals surface area (Å²) in [4.78, 5) is 24.3. The third-order valence-electron chi connectivity index (χ3n) is 3.24. The van der Waals surface area contributed by atoms with Crippen LogP contribution in [0.5, 0.6) is 0 Å². The van der Waals surface area contributed by atoms with E-state index in [0.717, 1.165) is 5.56 Å². The Balaban J connectivity index is 2.02. The predicted molar refractivity (Wildman–Crippen MR) is 96.8 cm³/mol. The van der Waals surface area contributed by atoms with Crippen molar-refractivity contribution in [3.05, 3.63) is 59.7 Å². The molecule has 0 fully saturated rings. The predicted octanol–water partition coefficient (Wildman–Crippen LogP) is 2.98. The van der Waals surface area contributed by atoms with Crippen molar-refractivity contribution in [2.24, 2.45) is 0 Å². The molecular formula is C19H23N3O2. The van der Waals surface area contributed by atoms with Gasteiger partial charge in [-0.1, -0.05) is 18.2 Å². The van der Waals surface area contributed by atoms with Crippen LogP contribution in [0, 0.1) is 0 Å². The maximum Gasteiger partial charge on any atom is 0.251 e. The van der Waals surface area contributed by atoms with Gasteiger partial charge in [0.15, 0.2) is 0 Å². The summed E-state index contributed by atoms with van der Waals surface area (Å²) in [6.45, 7) is 5.76. The third-order valence-corrected chi connectivity index (χ3v) is 3.24. The second-order valence-corrected chi connectivity index (χ2v) is 6.75. The second-order valence-electron chi connectivity index (χ2n) is 6.75. The number of nitrogen functional groups attached to an aromatic ring is 1. The van der Waals surface area contributed by atoms with Crippen molar-refractivity contribution >= 4 is 23.2 Å². The Morgan fingerprint density at radius 2 is 1.71 bits per heavy atom. The molecule has 0 spiro atoms. The van der Waals surface area contributed by atoms with E-state index in [4.69, 9.17) is 5.73 Å². The van der Waals surface area contributed by atoms with Crippen molar-refractivity contribution in [2.75, 3.05) is 11.1 Å². The molecule has 0 radical (unpaired) electrons. The summed E-state index contributed by atoms with van der Waals surface area (Å²) in [6.07, 6.45) is 0.249. The Morgan fingerprint density at radius 3 is 2.33 bits per heavy atom. The minimum absolute atomic E-state index is 0.145. The Morgan fingerprint density at radius 1 is 1.04 bits per heavy atom. The monoisotopic (exact) mass is 325 g/mol. The van der Waals surface area contributed by atoms with E-state index in [9.17, 15) is 9.59 Å². The van der Waals surface area contributed by atoms with Crippen molar-refractivity contribution in [2.45, 2.75) is 32.7 Å². The highest BCUT2D eigenvalue weighted by Gasteiger charge is 2.15. The molecule has 0 heterocycles. The topological polar surface area (TPSA) is 84.2 Å². The van der Waals surface area contributed by atoms with Crippen molar-refractivity contribution < 1.29 is 9.59 Å². The van der Waals surface area contributed by atoms with Gasteiger partial charge < -0.3 is 16.4 Å². The number of carbonyl (C=O) groups excluding carboxylic acids is 2. The molecule has 0 atom stereocenters. The maximum absolute atomic E-state index is 12.2. The number of nitrogens with one attached hydrogen (secondary N) is 2.